The van der Waals surface area contributed by atoms with Crippen molar-refractivity contribution in [1.82, 2.24) is 15.0 Å². The molecule has 0 fully saturated rings. The highest BCUT2D eigenvalue weighted by atomic mass is 35.5. The first-order chi connectivity index (χ1) is 7.61. The fourth-order valence-corrected chi connectivity index (χ4v) is 1.79. The zero-order valence-electron chi connectivity index (χ0n) is 9.44. The van der Waals surface area contributed by atoms with E-state index in [2.05, 4.69) is 15.0 Å². The van der Waals surface area contributed by atoms with Crippen LogP contribution in [0.1, 0.15) is 13.8 Å². The number of aromatic nitrogens is 3. The van der Waals surface area contributed by atoms with E-state index in [0.29, 0.717) is 11.8 Å². The Morgan fingerprint density at radius 3 is 2.69 bits per heavy atom. The lowest BCUT2D eigenvalue weighted by Crippen LogP contribution is -2.09. The summed E-state index contributed by atoms with van der Waals surface area (Å²) in [7, 11) is 1.65. The van der Waals surface area contributed by atoms with Gasteiger partial charge in [0.2, 0.25) is 5.28 Å². The van der Waals surface area contributed by atoms with Gasteiger partial charge in [-0.05, 0) is 25.4 Å². The Bertz CT molecular complexity index is 339. The molecule has 0 saturated carbocycles. The van der Waals surface area contributed by atoms with Gasteiger partial charge in [0.15, 0.2) is 5.16 Å². The van der Waals surface area contributed by atoms with Crippen molar-refractivity contribution >= 4 is 23.4 Å². The van der Waals surface area contributed by atoms with E-state index in [9.17, 15) is 0 Å². The molecule has 5 nitrogen and oxygen atoms in total. The summed E-state index contributed by atoms with van der Waals surface area (Å²) < 4.78 is 10.3. The molecule has 0 aromatic carbocycles. The Hall–Kier alpha value is -0.590. The molecular weight excluding hydrogens is 250 g/mol. The number of hydrogen-bond acceptors (Lipinski definition) is 6. The second kappa shape index (κ2) is 6.88. The standard InChI is InChI=1S/C9H14ClN3O2S/c1-6(2)15-8-11-7(10)12-9(13-8)16-5-4-14-3/h6H,4-5H2,1-3H3. The Morgan fingerprint density at radius 1 is 1.31 bits per heavy atom. The number of methoxy groups -OCH3 is 1. The third-order valence-corrected chi connectivity index (χ3v) is 2.41. The smallest absolute Gasteiger partial charge is 0.321 e. The van der Waals surface area contributed by atoms with Gasteiger partial charge in [0.25, 0.3) is 0 Å². The maximum atomic E-state index is 5.76. The van der Waals surface area contributed by atoms with Crippen LogP contribution in [0.5, 0.6) is 6.01 Å². The molecule has 0 aliphatic heterocycles. The van der Waals surface area contributed by atoms with Gasteiger partial charge in [-0.3, -0.25) is 0 Å². The number of halogens is 1. The van der Waals surface area contributed by atoms with Gasteiger partial charge >= 0.3 is 6.01 Å². The van der Waals surface area contributed by atoms with Crippen molar-refractivity contribution in [3.05, 3.63) is 5.28 Å². The van der Waals surface area contributed by atoms with Crippen LogP contribution < -0.4 is 4.74 Å². The molecule has 0 saturated heterocycles. The topological polar surface area (TPSA) is 57.1 Å². The Kier molecular flexibility index (Phi) is 5.79. The van der Waals surface area contributed by atoms with Gasteiger partial charge in [0.05, 0.1) is 12.7 Å². The summed E-state index contributed by atoms with van der Waals surface area (Å²) in [5.41, 5.74) is 0. The molecule has 0 aliphatic rings. The van der Waals surface area contributed by atoms with Gasteiger partial charge in [-0.25, -0.2) is 0 Å². The van der Waals surface area contributed by atoms with Gasteiger partial charge in [-0.1, -0.05) is 11.8 Å². The van der Waals surface area contributed by atoms with E-state index in [1.165, 1.54) is 11.8 Å². The van der Waals surface area contributed by atoms with Crippen LogP contribution in [0.4, 0.5) is 0 Å². The highest BCUT2D eigenvalue weighted by Crippen LogP contribution is 2.17. The zero-order valence-corrected chi connectivity index (χ0v) is 11.0. The minimum Gasteiger partial charge on any atom is -0.461 e. The molecule has 0 spiro atoms. The van der Waals surface area contributed by atoms with Crippen molar-refractivity contribution in [1.29, 1.82) is 0 Å². The van der Waals surface area contributed by atoms with Crippen LogP contribution in [0.15, 0.2) is 5.16 Å². The molecule has 0 aliphatic carbocycles. The van der Waals surface area contributed by atoms with Gasteiger partial charge in [-0.2, -0.15) is 15.0 Å². The number of hydrogen-bond donors (Lipinski definition) is 0. The molecule has 90 valence electrons. The van der Waals surface area contributed by atoms with Crippen LogP contribution in [-0.2, 0) is 4.74 Å². The summed E-state index contributed by atoms with van der Waals surface area (Å²) in [6, 6.07) is 0.259. The Labute approximate surface area is 104 Å². The van der Waals surface area contributed by atoms with Crippen molar-refractivity contribution in [2.45, 2.75) is 25.1 Å². The van der Waals surface area contributed by atoms with E-state index in [-0.39, 0.29) is 17.4 Å². The molecular formula is C9H14ClN3O2S. The fourth-order valence-electron chi connectivity index (χ4n) is 0.859. The molecule has 7 heteroatoms. The molecule has 1 aromatic rings. The van der Waals surface area contributed by atoms with E-state index in [0.717, 1.165) is 5.75 Å². The van der Waals surface area contributed by atoms with Gasteiger partial charge in [0.1, 0.15) is 0 Å². The van der Waals surface area contributed by atoms with Crippen LogP contribution in [0.2, 0.25) is 5.28 Å². The van der Waals surface area contributed by atoms with Crippen LogP contribution in [-0.4, -0.2) is 40.5 Å². The summed E-state index contributed by atoms with van der Waals surface area (Å²) in [5.74, 6) is 0.762. The van der Waals surface area contributed by atoms with E-state index in [4.69, 9.17) is 21.1 Å². The van der Waals surface area contributed by atoms with Crippen LogP contribution in [0.25, 0.3) is 0 Å². The molecule has 0 radical (unpaired) electrons. The third-order valence-electron chi connectivity index (χ3n) is 1.43. The highest BCUT2D eigenvalue weighted by molar-refractivity contribution is 7.99. The van der Waals surface area contributed by atoms with E-state index in [1.807, 2.05) is 13.8 Å². The predicted octanol–water partition coefficient (Wildman–Crippen LogP) is 2.05. The highest BCUT2D eigenvalue weighted by Gasteiger charge is 2.07. The maximum absolute atomic E-state index is 5.76. The lowest BCUT2D eigenvalue weighted by molar-refractivity contribution is 0.217. The van der Waals surface area contributed by atoms with Crippen molar-refractivity contribution in [3.63, 3.8) is 0 Å². The van der Waals surface area contributed by atoms with Crippen LogP contribution in [0.3, 0.4) is 0 Å². The second-order valence-electron chi connectivity index (χ2n) is 3.18. The van der Waals surface area contributed by atoms with Gasteiger partial charge in [0, 0.05) is 12.9 Å². The SMILES string of the molecule is COCCSc1nc(Cl)nc(OC(C)C)n1. The van der Waals surface area contributed by atoms with Crippen molar-refractivity contribution in [2.75, 3.05) is 19.5 Å². The minimum absolute atomic E-state index is 0.00953. The quantitative estimate of drug-likeness (QED) is 0.578. The molecule has 0 unspecified atom stereocenters. The van der Waals surface area contributed by atoms with Crippen molar-refractivity contribution in [2.24, 2.45) is 0 Å². The average molecular weight is 264 g/mol. The van der Waals surface area contributed by atoms with E-state index in [1.54, 1.807) is 7.11 Å². The first kappa shape index (κ1) is 13.5. The number of ether oxygens (including phenoxy) is 2. The normalized spacial score (nSPS) is 10.8. The molecule has 1 rings (SSSR count). The predicted molar refractivity (Wildman–Crippen MR) is 63.2 cm³/mol. The Morgan fingerprint density at radius 2 is 2.06 bits per heavy atom. The Balaban J connectivity index is 2.65. The monoisotopic (exact) mass is 263 g/mol. The summed E-state index contributed by atoms with van der Waals surface area (Å²) in [6.07, 6.45) is 0.00953. The van der Waals surface area contributed by atoms with Gasteiger partial charge < -0.3 is 9.47 Å². The second-order valence-corrected chi connectivity index (χ2v) is 4.58. The van der Waals surface area contributed by atoms with Crippen LogP contribution in [0, 0.1) is 0 Å². The summed E-state index contributed by atoms with van der Waals surface area (Å²) >= 11 is 7.21. The van der Waals surface area contributed by atoms with Gasteiger partial charge in [-0.15, -0.1) is 0 Å². The lowest BCUT2D eigenvalue weighted by Gasteiger charge is -2.08. The summed E-state index contributed by atoms with van der Waals surface area (Å²) in [4.78, 5) is 12.0. The molecule has 1 aromatic heterocycles. The first-order valence-corrected chi connectivity index (χ1v) is 6.18. The maximum Gasteiger partial charge on any atom is 0.321 e. The minimum atomic E-state index is 0.00953. The van der Waals surface area contributed by atoms with Crippen molar-refractivity contribution < 1.29 is 9.47 Å². The first-order valence-electron chi connectivity index (χ1n) is 4.81. The van der Waals surface area contributed by atoms with E-state index < -0.39 is 0 Å². The zero-order chi connectivity index (χ0) is 12.0. The lowest BCUT2D eigenvalue weighted by atomic mass is 10.5. The molecule has 0 N–H and O–H groups in total. The molecule has 0 amide bonds. The number of nitrogens with zero attached hydrogens (tertiary/aromatic N) is 3. The average Bonchev–Trinajstić information content (AvgIpc) is 2.16. The summed E-state index contributed by atoms with van der Waals surface area (Å²) in [6.45, 7) is 4.43. The molecule has 0 bridgehead atoms. The molecule has 16 heavy (non-hydrogen) atoms. The summed E-state index contributed by atoms with van der Waals surface area (Å²) in [5, 5.41) is 0.693. The van der Waals surface area contributed by atoms with E-state index >= 15 is 0 Å². The third kappa shape index (κ3) is 4.96. The molecule has 1 heterocycles. The fraction of sp³-hybridized carbons (Fsp3) is 0.667. The van der Waals surface area contributed by atoms with Crippen molar-refractivity contribution in [3.8, 4) is 6.01 Å². The number of thioether (sulfide) groups is 1. The molecule has 0 atom stereocenters. The number of rotatable bonds is 6. The largest absolute Gasteiger partial charge is 0.461 e. The van der Waals surface area contributed by atoms with Crippen LogP contribution >= 0.6 is 23.4 Å².